The number of rotatable bonds is 5. The molecule has 3 heterocycles. The zero-order valence-electron chi connectivity index (χ0n) is 14.5. The Morgan fingerprint density at radius 1 is 1.19 bits per heavy atom. The molecule has 0 unspecified atom stereocenters. The third-order valence-corrected chi connectivity index (χ3v) is 5.75. The molecule has 0 bridgehead atoms. The highest BCUT2D eigenvalue weighted by molar-refractivity contribution is 7.14. The van der Waals surface area contributed by atoms with Gasteiger partial charge in [-0.15, -0.1) is 11.3 Å². The van der Waals surface area contributed by atoms with Crippen LogP contribution >= 0.6 is 22.7 Å². The van der Waals surface area contributed by atoms with E-state index in [9.17, 15) is 9.59 Å². The van der Waals surface area contributed by atoms with Gasteiger partial charge in [-0.2, -0.15) is 11.3 Å². The number of aromatic amines is 1. The minimum Gasteiger partial charge on any atom is -0.338 e. The Balaban J connectivity index is 1.46. The molecule has 3 aromatic heterocycles. The summed E-state index contributed by atoms with van der Waals surface area (Å²) in [7, 11) is 1.70. The molecule has 1 amide bonds. The summed E-state index contributed by atoms with van der Waals surface area (Å²) in [4.78, 5) is 38.0. The maximum Gasteiger partial charge on any atom is 0.258 e. The van der Waals surface area contributed by atoms with Gasteiger partial charge in [0.15, 0.2) is 0 Å². The van der Waals surface area contributed by atoms with Gasteiger partial charge in [0.05, 0.1) is 29.6 Å². The summed E-state index contributed by atoms with van der Waals surface area (Å²) in [5.74, 6) is 0.389. The number of carbonyl (C=O) groups is 1. The fourth-order valence-corrected chi connectivity index (χ4v) is 4.25. The standard InChI is InChI=1S/C19H16N4O2S2/c1-23(9-16-21-15-5-3-2-4-14(15)18(25)22-16)17(24)8-13-11-27-19(20-13)12-6-7-26-10-12/h2-7,10-11H,8-9H2,1H3,(H,21,22,25). The molecule has 0 saturated carbocycles. The predicted octanol–water partition coefficient (Wildman–Crippen LogP) is 3.31. The predicted molar refractivity (Wildman–Crippen MR) is 108 cm³/mol. The lowest BCUT2D eigenvalue weighted by Crippen LogP contribution is -2.29. The first-order valence-electron chi connectivity index (χ1n) is 8.29. The number of nitrogens with one attached hydrogen (secondary N) is 1. The Morgan fingerprint density at radius 3 is 2.85 bits per heavy atom. The van der Waals surface area contributed by atoms with Gasteiger partial charge in [0.1, 0.15) is 10.8 Å². The number of thiophene rings is 1. The average Bonchev–Trinajstić information content (AvgIpc) is 3.33. The number of hydrogen-bond acceptors (Lipinski definition) is 6. The van der Waals surface area contributed by atoms with Crippen LogP contribution in [0, 0.1) is 0 Å². The van der Waals surface area contributed by atoms with E-state index < -0.39 is 0 Å². The maximum absolute atomic E-state index is 12.5. The summed E-state index contributed by atoms with van der Waals surface area (Å²) in [6.45, 7) is 0.237. The summed E-state index contributed by atoms with van der Waals surface area (Å²) >= 11 is 3.15. The molecule has 136 valence electrons. The van der Waals surface area contributed by atoms with Crippen molar-refractivity contribution in [2.75, 3.05) is 7.05 Å². The second-order valence-electron chi connectivity index (χ2n) is 6.11. The van der Waals surface area contributed by atoms with Gasteiger partial charge in [0, 0.05) is 23.4 Å². The molecule has 4 rings (SSSR count). The lowest BCUT2D eigenvalue weighted by atomic mass is 10.2. The molecule has 1 N–H and O–H groups in total. The topological polar surface area (TPSA) is 79.0 Å². The van der Waals surface area contributed by atoms with Crippen molar-refractivity contribution < 1.29 is 4.79 Å². The third-order valence-electron chi connectivity index (χ3n) is 4.13. The first kappa shape index (κ1) is 17.6. The van der Waals surface area contributed by atoms with E-state index in [1.54, 1.807) is 41.5 Å². The molecule has 1 aromatic carbocycles. The Labute approximate surface area is 163 Å². The molecule has 6 nitrogen and oxygen atoms in total. The number of thiazole rings is 1. The molecule has 0 radical (unpaired) electrons. The van der Waals surface area contributed by atoms with Crippen molar-refractivity contribution in [3.8, 4) is 10.6 Å². The molecule has 0 spiro atoms. The quantitative estimate of drug-likeness (QED) is 0.561. The normalized spacial score (nSPS) is 11.0. The van der Waals surface area contributed by atoms with Gasteiger partial charge in [-0.1, -0.05) is 12.1 Å². The molecule has 0 aliphatic heterocycles. The average molecular weight is 396 g/mol. The molecule has 0 aliphatic carbocycles. The molecule has 4 aromatic rings. The Hall–Kier alpha value is -2.84. The number of benzene rings is 1. The first-order valence-corrected chi connectivity index (χ1v) is 10.1. The number of carbonyl (C=O) groups excluding carboxylic acids is 1. The number of aromatic nitrogens is 3. The minimum atomic E-state index is -0.198. The maximum atomic E-state index is 12.5. The van der Waals surface area contributed by atoms with Gasteiger partial charge in [-0.3, -0.25) is 9.59 Å². The highest BCUT2D eigenvalue weighted by atomic mass is 32.1. The van der Waals surface area contributed by atoms with Crippen LogP contribution < -0.4 is 5.56 Å². The Morgan fingerprint density at radius 2 is 2.04 bits per heavy atom. The van der Waals surface area contributed by atoms with Crippen LogP contribution in [0.15, 0.2) is 51.3 Å². The number of nitrogens with zero attached hydrogens (tertiary/aromatic N) is 3. The fraction of sp³-hybridized carbons (Fsp3) is 0.158. The SMILES string of the molecule is CN(Cc1nc2ccccc2c(=O)[nH]1)C(=O)Cc1csc(-c2ccsc2)n1. The second kappa shape index (κ2) is 7.42. The van der Waals surface area contributed by atoms with E-state index in [1.807, 2.05) is 28.3 Å². The van der Waals surface area contributed by atoms with Crippen molar-refractivity contribution in [2.24, 2.45) is 0 Å². The summed E-state index contributed by atoms with van der Waals surface area (Å²) in [5.41, 5.74) is 2.25. The number of likely N-dealkylation sites (N-methyl/N-ethyl adjacent to an activating group) is 1. The zero-order chi connectivity index (χ0) is 18.8. The van der Waals surface area contributed by atoms with Gasteiger partial charge in [-0.05, 0) is 23.6 Å². The van der Waals surface area contributed by atoms with Gasteiger partial charge in [0.2, 0.25) is 5.91 Å². The molecule has 27 heavy (non-hydrogen) atoms. The van der Waals surface area contributed by atoms with Gasteiger partial charge >= 0.3 is 0 Å². The molecular formula is C19H16N4O2S2. The van der Waals surface area contributed by atoms with Crippen molar-refractivity contribution in [1.29, 1.82) is 0 Å². The summed E-state index contributed by atoms with van der Waals surface area (Å²) in [6.07, 6.45) is 0.217. The molecule has 0 atom stereocenters. The first-order chi connectivity index (χ1) is 13.1. The van der Waals surface area contributed by atoms with Crippen LogP contribution in [0.2, 0.25) is 0 Å². The Bertz CT molecular complexity index is 1150. The van der Waals surface area contributed by atoms with Crippen molar-refractivity contribution in [3.05, 3.63) is 68.3 Å². The van der Waals surface area contributed by atoms with Crippen molar-refractivity contribution in [2.45, 2.75) is 13.0 Å². The lowest BCUT2D eigenvalue weighted by Gasteiger charge is -2.16. The van der Waals surface area contributed by atoms with Gasteiger partial charge < -0.3 is 9.88 Å². The van der Waals surface area contributed by atoms with E-state index in [0.717, 1.165) is 16.3 Å². The van der Waals surface area contributed by atoms with Crippen molar-refractivity contribution >= 4 is 39.5 Å². The van der Waals surface area contributed by atoms with E-state index in [2.05, 4.69) is 15.0 Å². The zero-order valence-corrected chi connectivity index (χ0v) is 16.1. The number of H-pyrrole nitrogens is 1. The van der Waals surface area contributed by atoms with Crippen LogP contribution in [-0.4, -0.2) is 32.8 Å². The van der Waals surface area contributed by atoms with Crippen molar-refractivity contribution in [3.63, 3.8) is 0 Å². The van der Waals surface area contributed by atoms with E-state index in [4.69, 9.17) is 0 Å². The van der Waals surface area contributed by atoms with Crippen LogP contribution in [0.1, 0.15) is 11.5 Å². The summed E-state index contributed by atoms with van der Waals surface area (Å²) in [6, 6.07) is 9.17. The van der Waals surface area contributed by atoms with E-state index in [-0.39, 0.29) is 24.4 Å². The molecule has 0 fully saturated rings. The van der Waals surface area contributed by atoms with E-state index >= 15 is 0 Å². The molecular weight excluding hydrogens is 380 g/mol. The van der Waals surface area contributed by atoms with Crippen LogP contribution in [0.25, 0.3) is 21.5 Å². The van der Waals surface area contributed by atoms with Gasteiger partial charge in [-0.25, -0.2) is 9.97 Å². The van der Waals surface area contributed by atoms with Crippen LogP contribution in [0.4, 0.5) is 0 Å². The second-order valence-corrected chi connectivity index (χ2v) is 7.75. The van der Waals surface area contributed by atoms with Crippen LogP contribution in [0.3, 0.4) is 0 Å². The number of amides is 1. The molecule has 8 heteroatoms. The van der Waals surface area contributed by atoms with Crippen molar-refractivity contribution in [1.82, 2.24) is 19.9 Å². The largest absolute Gasteiger partial charge is 0.338 e. The lowest BCUT2D eigenvalue weighted by molar-refractivity contribution is -0.129. The monoisotopic (exact) mass is 396 g/mol. The Kier molecular flexibility index (Phi) is 4.83. The number of hydrogen-bond donors (Lipinski definition) is 1. The highest BCUT2D eigenvalue weighted by Crippen LogP contribution is 2.26. The number of fused-ring (bicyclic) bond motifs is 1. The van der Waals surface area contributed by atoms with Crippen LogP contribution in [0.5, 0.6) is 0 Å². The molecule has 0 saturated heterocycles. The smallest absolute Gasteiger partial charge is 0.258 e. The summed E-state index contributed by atoms with van der Waals surface area (Å²) < 4.78 is 0. The third kappa shape index (κ3) is 3.81. The van der Waals surface area contributed by atoms with E-state index in [0.29, 0.717) is 16.7 Å². The van der Waals surface area contributed by atoms with Gasteiger partial charge in [0.25, 0.3) is 5.56 Å². The molecule has 0 aliphatic rings. The van der Waals surface area contributed by atoms with E-state index in [1.165, 1.54) is 11.3 Å². The van der Waals surface area contributed by atoms with Crippen LogP contribution in [-0.2, 0) is 17.8 Å². The fourth-order valence-electron chi connectivity index (χ4n) is 2.72. The number of para-hydroxylation sites is 1. The highest BCUT2D eigenvalue weighted by Gasteiger charge is 2.15. The minimum absolute atomic E-state index is 0.0759. The summed E-state index contributed by atoms with van der Waals surface area (Å²) in [5, 5.41) is 7.42.